The van der Waals surface area contributed by atoms with Crippen LogP contribution in [0.3, 0.4) is 0 Å². The molecule has 1 saturated carbocycles. The number of nitrogens with one attached hydrogen (secondary N) is 1. The molecule has 1 rings (SSSR count). The maximum Gasteiger partial charge on any atom is 0.0246 e. The second-order valence-electron chi connectivity index (χ2n) is 6.22. The van der Waals surface area contributed by atoms with Crippen LogP contribution < -0.4 is 11.3 Å². The summed E-state index contributed by atoms with van der Waals surface area (Å²) in [4.78, 5) is 0. The van der Waals surface area contributed by atoms with Gasteiger partial charge in [-0.3, -0.25) is 11.3 Å². The van der Waals surface area contributed by atoms with Gasteiger partial charge in [0, 0.05) is 6.04 Å². The minimum absolute atomic E-state index is 0.528. The van der Waals surface area contributed by atoms with E-state index in [0.29, 0.717) is 11.5 Å². The van der Waals surface area contributed by atoms with Gasteiger partial charge in [-0.2, -0.15) is 0 Å². The Kier molecular flexibility index (Phi) is 5.26. The Morgan fingerprint density at radius 2 is 2.00 bits per heavy atom. The van der Waals surface area contributed by atoms with Crippen LogP contribution in [-0.2, 0) is 0 Å². The van der Waals surface area contributed by atoms with E-state index in [9.17, 15) is 0 Å². The summed E-state index contributed by atoms with van der Waals surface area (Å²) < 4.78 is 0. The Labute approximate surface area is 101 Å². The normalized spacial score (nSPS) is 26.4. The van der Waals surface area contributed by atoms with Crippen LogP contribution in [0.2, 0.25) is 0 Å². The zero-order valence-corrected chi connectivity index (χ0v) is 11.6. The maximum absolute atomic E-state index is 5.72. The monoisotopic (exact) mass is 226 g/mol. The van der Waals surface area contributed by atoms with Crippen LogP contribution in [0, 0.1) is 17.3 Å². The molecule has 16 heavy (non-hydrogen) atoms. The fourth-order valence-electron chi connectivity index (χ4n) is 2.88. The average molecular weight is 226 g/mol. The van der Waals surface area contributed by atoms with Gasteiger partial charge in [-0.15, -0.1) is 0 Å². The minimum Gasteiger partial charge on any atom is -0.271 e. The van der Waals surface area contributed by atoms with E-state index < -0.39 is 0 Å². The molecule has 2 nitrogen and oxygen atoms in total. The molecule has 0 heterocycles. The first-order chi connectivity index (χ1) is 7.55. The van der Waals surface area contributed by atoms with Gasteiger partial charge in [0.05, 0.1) is 0 Å². The van der Waals surface area contributed by atoms with Crippen molar-refractivity contribution in [1.82, 2.24) is 5.43 Å². The van der Waals surface area contributed by atoms with E-state index in [2.05, 4.69) is 33.1 Å². The highest BCUT2D eigenvalue weighted by Crippen LogP contribution is 2.54. The van der Waals surface area contributed by atoms with E-state index >= 15 is 0 Å². The fraction of sp³-hybridized carbons (Fsp3) is 1.00. The highest BCUT2D eigenvalue weighted by Gasteiger charge is 2.49. The molecule has 0 aromatic rings. The lowest BCUT2D eigenvalue weighted by molar-refractivity contribution is 0.308. The van der Waals surface area contributed by atoms with Crippen LogP contribution in [0.1, 0.15) is 66.2 Å². The van der Waals surface area contributed by atoms with Crippen molar-refractivity contribution in [3.8, 4) is 0 Å². The Morgan fingerprint density at radius 3 is 2.38 bits per heavy atom. The summed E-state index contributed by atoms with van der Waals surface area (Å²) >= 11 is 0. The number of rotatable bonds is 8. The summed E-state index contributed by atoms with van der Waals surface area (Å²) in [5.74, 6) is 7.37. The van der Waals surface area contributed by atoms with Gasteiger partial charge >= 0.3 is 0 Å². The second-order valence-corrected chi connectivity index (χ2v) is 6.22. The SMILES string of the molecule is CCCCC(CC)CC(NN)C1CC1(C)C. The molecule has 0 radical (unpaired) electrons. The Bertz CT molecular complexity index is 201. The van der Waals surface area contributed by atoms with E-state index in [1.807, 2.05) is 0 Å². The lowest BCUT2D eigenvalue weighted by Crippen LogP contribution is -2.39. The van der Waals surface area contributed by atoms with Gasteiger partial charge in [-0.25, -0.2) is 0 Å². The standard InChI is InChI=1S/C14H30N2/c1-5-7-8-11(6-2)9-13(16-15)12-10-14(12,3)4/h11-13,16H,5-10,15H2,1-4H3. The van der Waals surface area contributed by atoms with Crippen LogP contribution in [-0.4, -0.2) is 6.04 Å². The predicted molar refractivity (Wildman–Crippen MR) is 70.9 cm³/mol. The quantitative estimate of drug-likeness (QED) is 0.491. The molecule has 0 spiro atoms. The van der Waals surface area contributed by atoms with E-state index in [4.69, 9.17) is 5.84 Å². The molecular weight excluding hydrogens is 196 g/mol. The van der Waals surface area contributed by atoms with Gasteiger partial charge in [0.2, 0.25) is 0 Å². The molecule has 0 saturated heterocycles. The molecule has 96 valence electrons. The van der Waals surface area contributed by atoms with Crippen molar-refractivity contribution in [2.75, 3.05) is 0 Å². The molecule has 1 fully saturated rings. The Hall–Kier alpha value is -0.0800. The Morgan fingerprint density at radius 1 is 1.38 bits per heavy atom. The summed E-state index contributed by atoms with van der Waals surface area (Å²) in [6, 6.07) is 0.539. The second kappa shape index (κ2) is 6.02. The molecule has 3 atom stereocenters. The Balaban J connectivity index is 2.36. The highest BCUT2D eigenvalue weighted by molar-refractivity contribution is 5.01. The lowest BCUT2D eigenvalue weighted by atomic mass is 9.89. The van der Waals surface area contributed by atoms with E-state index in [1.54, 1.807) is 0 Å². The smallest absolute Gasteiger partial charge is 0.0246 e. The van der Waals surface area contributed by atoms with E-state index in [0.717, 1.165) is 11.8 Å². The van der Waals surface area contributed by atoms with Crippen LogP contribution in [0.25, 0.3) is 0 Å². The molecule has 1 aliphatic rings. The van der Waals surface area contributed by atoms with Crippen LogP contribution in [0.15, 0.2) is 0 Å². The minimum atomic E-state index is 0.528. The van der Waals surface area contributed by atoms with Crippen molar-refractivity contribution in [2.24, 2.45) is 23.1 Å². The molecule has 0 amide bonds. The van der Waals surface area contributed by atoms with Gasteiger partial charge < -0.3 is 0 Å². The van der Waals surface area contributed by atoms with Crippen LogP contribution >= 0.6 is 0 Å². The number of unbranched alkanes of at least 4 members (excludes halogenated alkanes) is 1. The molecule has 0 aromatic carbocycles. The van der Waals surface area contributed by atoms with Crippen molar-refractivity contribution >= 4 is 0 Å². The third-order valence-electron chi connectivity index (χ3n) is 4.42. The molecule has 3 N–H and O–H groups in total. The number of nitrogens with two attached hydrogens (primary N) is 1. The zero-order valence-electron chi connectivity index (χ0n) is 11.6. The summed E-state index contributed by atoms with van der Waals surface area (Å²) in [5, 5.41) is 0. The van der Waals surface area contributed by atoms with Gasteiger partial charge in [0.15, 0.2) is 0 Å². The van der Waals surface area contributed by atoms with E-state index in [1.165, 1.54) is 38.5 Å². The van der Waals surface area contributed by atoms with Gasteiger partial charge in [0.25, 0.3) is 0 Å². The first kappa shape index (κ1) is 14.0. The number of hydrogen-bond acceptors (Lipinski definition) is 2. The molecule has 0 bridgehead atoms. The van der Waals surface area contributed by atoms with Crippen molar-refractivity contribution in [1.29, 1.82) is 0 Å². The van der Waals surface area contributed by atoms with Crippen molar-refractivity contribution in [3.05, 3.63) is 0 Å². The highest BCUT2D eigenvalue weighted by atomic mass is 15.2. The molecule has 0 aliphatic heterocycles. The van der Waals surface area contributed by atoms with Crippen molar-refractivity contribution in [3.63, 3.8) is 0 Å². The number of hydrogen-bond donors (Lipinski definition) is 2. The molecule has 1 aliphatic carbocycles. The van der Waals surface area contributed by atoms with Gasteiger partial charge in [0.1, 0.15) is 0 Å². The fourth-order valence-corrected chi connectivity index (χ4v) is 2.88. The zero-order chi connectivity index (χ0) is 12.2. The summed E-state index contributed by atoms with van der Waals surface area (Å²) in [6.07, 6.45) is 7.95. The molecular formula is C14H30N2. The largest absolute Gasteiger partial charge is 0.271 e. The molecule has 3 unspecified atom stereocenters. The summed E-state index contributed by atoms with van der Waals surface area (Å²) in [5.41, 5.74) is 3.59. The summed E-state index contributed by atoms with van der Waals surface area (Å²) in [7, 11) is 0. The topological polar surface area (TPSA) is 38.0 Å². The third-order valence-corrected chi connectivity index (χ3v) is 4.42. The first-order valence-electron chi connectivity index (χ1n) is 7.01. The number of hydrazine groups is 1. The predicted octanol–water partition coefficient (Wildman–Crippen LogP) is 3.47. The first-order valence-corrected chi connectivity index (χ1v) is 7.01. The lowest BCUT2D eigenvalue weighted by Gasteiger charge is -2.23. The maximum atomic E-state index is 5.72. The van der Waals surface area contributed by atoms with Crippen LogP contribution in [0.4, 0.5) is 0 Å². The molecule has 0 aromatic heterocycles. The average Bonchev–Trinajstić information content (AvgIpc) is 2.88. The molecule has 2 heteroatoms. The van der Waals surface area contributed by atoms with Crippen LogP contribution in [0.5, 0.6) is 0 Å². The van der Waals surface area contributed by atoms with Gasteiger partial charge in [-0.05, 0) is 30.1 Å². The van der Waals surface area contributed by atoms with Crippen molar-refractivity contribution in [2.45, 2.75) is 72.3 Å². The third kappa shape index (κ3) is 3.74. The van der Waals surface area contributed by atoms with E-state index in [-0.39, 0.29) is 0 Å². The summed E-state index contributed by atoms with van der Waals surface area (Å²) in [6.45, 7) is 9.30. The van der Waals surface area contributed by atoms with Gasteiger partial charge in [-0.1, -0.05) is 53.4 Å². The van der Waals surface area contributed by atoms with Crippen molar-refractivity contribution < 1.29 is 0 Å².